The summed E-state index contributed by atoms with van der Waals surface area (Å²) in [6, 6.07) is 14.6. The number of hydrogen-bond donors (Lipinski definition) is 1. The van der Waals surface area contributed by atoms with E-state index in [1.807, 2.05) is 32.0 Å². The molecule has 0 aliphatic rings. The van der Waals surface area contributed by atoms with Crippen LogP contribution in [-0.4, -0.2) is 39.6 Å². The van der Waals surface area contributed by atoms with E-state index < -0.39 is 26.8 Å². The van der Waals surface area contributed by atoms with Crippen LogP contribution in [-0.2, 0) is 27.6 Å². The van der Waals surface area contributed by atoms with Crippen molar-refractivity contribution < 1.29 is 35.3 Å². The minimum Gasteiger partial charge on any atom is -0.383 e. The van der Waals surface area contributed by atoms with Crippen LogP contribution in [0.4, 0.5) is 23.7 Å². The molecule has 11 heteroatoms. The Morgan fingerprint density at radius 2 is 1.73 bits per heavy atom. The molecule has 3 aromatic carbocycles. The van der Waals surface area contributed by atoms with Gasteiger partial charge in [-0.3, -0.25) is 0 Å². The van der Waals surface area contributed by atoms with Crippen LogP contribution in [0.1, 0.15) is 22.3 Å². The predicted molar refractivity (Wildman–Crippen MR) is 133 cm³/mol. The summed E-state index contributed by atoms with van der Waals surface area (Å²) in [5.74, 6) is -0.101. The molecule has 0 spiro atoms. The number of ether oxygens (including phenoxy) is 1. The maximum absolute atomic E-state index is 13.0. The summed E-state index contributed by atoms with van der Waals surface area (Å²) in [4.78, 5) is 13.9. The number of methoxy groups -OCH3 is 1. The fourth-order valence-electron chi connectivity index (χ4n) is 3.52. The van der Waals surface area contributed by atoms with Gasteiger partial charge in [-0.15, -0.1) is 0 Å². The molecule has 37 heavy (non-hydrogen) atoms. The zero-order valence-electron chi connectivity index (χ0n) is 20.5. The van der Waals surface area contributed by atoms with E-state index in [0.29, 0.717) is 17.3 Å². The molecule has 0 aliphatic carbocycles. The highest BCUT2D eigenvalue weighted by Gasteiger charge is 2.32. The first-order valence-corrected chi connectivity index (χ1v) is 12.6. The van der Waals surface area contributed by atoms with Crippen molar-refractivity contribution in [2.45, 2.75) is 31.5 Å². The first-order chi connectivity index (χ1) is 17.4. The van der Waals surface area contributed by atoms with E-state index in [1.165, 1.54) is 30.2 Å². The number of nitrogens with one attached hydrogen (secondary N) is 1. The number of urea groups is 1. The van der Waals surface area contributed by atoms with E-state index in [2.05, 4.69) is 5.32 Å². The van der Waals surface area contributed by atoms with Crippen molar-refractivity contribution in [2.75, 3.05) is 25.6 Å². The number of amides is 2. The minimum atomic E-state index is -4.70. The third-order valence-corrected chi connectivity index (χ3v) is 6.65. The number of carbonyl (C=O) groups excluding carboxylic acids is 1. The van der Waals surface area contributed by atoms with Gasteiger partial charge in [0.05, 0.1) is 12.2 Å². The molecule has 0 radical (unpaired) electrons. The average molecular weight is 537 g/mol. The Bertz CT molecular complexity index is 1360. The SMILES string of the molecule is COCCN(Cc1cccc(OS(=O)(=O)c2cccc(C(F)(F)F)c2)c1)C(=O)Nc1ccc(C)cc1C. The van der Waals surface area contributed by atoms with Crippen LogP contribution in [0, 0.1) is 13.8 Å². The standard InChI is InChI=1S/C26H27F3N2O5S/c1-18-10-11-24(19(2)14-18)30-25(32)31(12-13-35-3)17-20-6-4-8-22(15-20)36-37(33,34)23-9-5-7-21(16-23)26(27,28)29/h4-11,14-16H,12-13,17H2,1-3H3,(H,30,32). The second-order valence-corrected chi connectivity index (χ2v) is 9.92. The van der Waals surface area contributed by atoms with E-state index in [0.717, 1.165) is 29.3 Å². The van der Waals surface area contributed by atoms with Crippen molar-refractivity contribution in [2.24, 2.45) is 0 Å². The molecule has 3 aromatic rings. The van der Waals surface area contributed by atoms with Gasteiger partial charge in [0.1, 0.15) is 10.6 Å². The summed E-state index contributed by atoms with van der Waals surface area (Å²) >= 11 is 0. The Morgan fingerprint density at radius 3 is 2.41 bits per heavy atom. The number of nitrogens with zero attached hydrogens (tertiary/aromatic N) is 1. The number of benzene rings is 3. The highest BCUT2D eigenvalue weighted by molar-refractivity contribution is 7.87. The molecule has 7 nitrogen and oxygen atoms in total. The largest absolute Gasteiger partial charge is 0.416 e. The van der Waals surface area contributed by atoms with Crippen LogP contribution in [0.25, 0.3) is 0 Å². The van der Waals surface area contributed by atoms with Crippen molar-refractivity contribution in [1.29, 1.82) is 0 Å². The quantitative estimate of drug-likeness (QED) is 0.351. The molecule has 0 fully saturated rings. The van der Waals surface area contributed by atoms with E-state index in [9.17, 15) is 26.4 Å². The first-order valence-electron chi connectivity index (χ1n) is 11.2. The van der Waals surface area contributed by atoms with Crippen LogP contribution in [0.5, 0.6) is 5.75 Å². The normalized spacial score (nSPS) is 11.7. The van der Waals surface area contributed by atoms with Crippen molar-refractivity contribution in [3.8, 4) is 5.75 Å². The van der Waals surface area contributed by atoms with E-state index in [-0.39, 0.29) is 31.5 Å². The monoisotopic (exact) mass is 536 g/mol. The number of rotatable bonds is 9. The molecule has 1 N–H and O–H groups in total. The molecular formula is C26H27F3N2O5S. The summed E-state index contributed by atoms with van der Waals surface area (Å²) in [5, 5.41) is 2.87. The first kappa shape index (κ1) is 28.0. The molecule has 0 bridgehead atoms. The lowest BCUT2D eigenvalue weighted by molar-refractivity contribution is -0.137. The molecular weight excluding hydrogens is 509 g/mol. The van der Waals surface area contributed by atoms with Crippen molar-refractivity contribution in [3.05, 3.63) is 89.0 Å². The average Bonchev–Trinajstić information content (AvgIpc) is 2.83. The summed E-state index contributed by atoms with van der Waals surface area (Å²) < 4.78 is 74.5. The molecule has 0 saturated heterocycles. The summed E-state index contributed by atoms with van der Waals surface area (Å²) in [7, 11) is -3.03. The van der Waals surface area contributed by atoms with E-state index in [1.54, 1.807) is 6.07 Å². The Balaban J connectivity index is 1.78. The predicted octanol–water partition coefficient (Wildman–Crippen LogP) is 5.77. The molecule has 0 aliphatic heterocycles. The molecule has 0 saturated carbocycles. The number of carbonyl (C=O) groups is 1. The van der Waals surface area contributed by atoms with Gasteiger partial charge in [-0.05, 0) is 61.4 Å². The highest BCUT2D eigenvalue weighted by Crippen LogP contribution is 2.31. The second kappa shape index (κ2) is 11.7. The molecule has 3 rings (SSSR count). The van der Waals surface area contributed by atoms with Crippen LogP contribution in [0.15, 0.2) is 71.6 Å². The number of halogens is 3. The maximum Gasteiger partial charge on any atom is 0.416 e. The Kier molecular flexibility index (Phi) is 8.82. The van der Waals surface area contributed by atoms with Crippen LogP contribution < -0.4 is 9.50 Å². The molecule has 0 atom stereocenters. The summed E-state index contributed by atoms with van der Waals surface area (Å²) in [6.45, 7) is 4.45. The second-order valence-electron chi connectivity index (χ2n) is 8.37. The zero-order chi connectivity index (χ0) is 27.2. The summed E-state index contributed by atoms with van der Waals surface area (Å²) in [5.41, 5.74) is 2.05. The molecule has 2 amide bonds. The van der Waals surface area contributed by atoms with Gasteiger partial charge < -0.3 is 19.1 Å². The summed E-state index contributed by atoms with van der Waals surface area (Å²) in [6.07, 6.45) is -4.70. The zero-order valence-corrected chi connectivity index (χ0v) is 21.3. The molecule has 0 aromatic heterocycles. The lowest BCUT2D eigenvalue weighted by Gasteiger charge is -2.24. The fourth-order valence-corrected chi connectivity index (χ4v) is 4.49. The minimum absolute atomic E-state index is 0.0981. The highest BCUT2D eigenvalue weighted by atomic mass is 32.2. The van der Waals surface area contributed by atoms with Crippen molar-refractivity contribution in [3.63, 3.8) is 0 Å². The molecule has 198 valence electrons. The van der Waals surface area contributed by atoms with Crippen LogP contribution in [0.3, 0.4) is 0 Å². The maximum atomic E-state index is 13.0. The smallest absolute Gasteiger partial charge is 0.383 e. The lowest BCUT2D eigenvalue weighted by atomic mass is 10.1. The van der Waals surface area contributed by atoms with Gasteiger partial charge >= 0.3 is 22.3 Å². The third-order valence-electron chi connectivity index (χ3n) is 5.40. The Hall–Kier alpha value is -3.57. The number of anilines is 1. The molecule has 0 heterocycles. The topological polar surface area (TPSA) is 84.9 Å². The lowest BCUT2D eigenvalue weighted by Crippen LogP contribution is -2.37. The van der Waals surface area contributed by atoms with Crippen molar-refractivity contribution >= 4 is 21.8 Å². The Labute approximate surface area is 213 Å². The number of alkyl halides is 3. The van der Waals surface area contributed by atoms with Crippen molar-refractivity contribution in [1.82, 2.24) is 4.90 Å². The Morgan fingerprint density at radius 1 is 1.00 bits per heavy atom. The van der Waals surface area contributed by atoms with Gasteiger partial charge in [0.15, 0.2) is 0 Å². The van der Waals surface area contributed by atoms with Crippen LogP contribution in [0.2, 0.25) is 0 Å². The number of hydrogen-bond acceptors (Lipinski definition) is 5. The molecule has 0 unspecified atom stereocenters. The fraction of sp³-hybridized carbons (Fsp3) is 0.269. The van der Waals surface area contributed by atoms with E-state index >= 15 is 0 Å². The van der Waals surface area contributed by atoms with Crippen LogP contribution >= 0.6 is 0 Å². The number of aryl methyl sites for hydroxylation is 2. The van der Waals surface area contributed by atoms with Gasteiger partial charge in [-0.2, -0.15) is 21.6 Å². The van der Waals surface area contributed by atoms with Gasteiger partial charge in [0.25, 0.3) is 0 Å². The van der Waals surface area contributed by atoms with Gasteiger partial charge in [-0.1, -0.05) is 35.9 Å². The third kappa shape index (κ3) is 7.70. The van der Waals surface area contributed by atoms with Gasteiger partial charge in [0.2, 0.25) is 0 Å². The van der Waals surface area contributed by atoms with Gasteiger partial charge in [0, 0.05) is 25.9 Å². The van der Waals surface area contributed by atoms with E-state index in [4.69, 9.17) is 8.92 Å². The van der Waals surface area contributed by atoms with Gasteiger partial charge in [-0.25, -0.2) is 4.79 Å².